The van der Waals surface area contributed by atoms with Crippen LogP contribution in [-0.2, 0) is 6.42 Å². The van der Waals surface area contributed by atoms with Gasteiger partial charge in [0, 0.05) is 0 Å². The van der Waals surface area contributed by atoms with Crippen LogP contribution in [0.1, 0.15) is 31.7 Å². The van der Waals surface area contributed by atoms with Crippen LogP contribution in [0.25, 0.3) is 0 Å². The molecule has 0 aliphatic rings. The molecule has 0 radical (unpaired) electrons. The molecule has 0 heterocycles. The molecule has 0 nitrogen and oxygen atoms in total. The normalized spacial score (nSPS) is 11.5. The minimum absolute atomic E-state index is 1.13. The molecule has 15 heavy (non-hydrogen) atoms. The SMILES string of the molecule is CCC/C=C/C=C/CCc1ccccc1. The van der Waals surface area contributed by atoms with Crippen molar-refractivity contribution in [2.24, 2.45) is 0 Å². The van der Waals surface area contributed by atoms with E-state index in [9.17, 15) is 0 Å². The number of benzene rings is 1. The lowest BCUT2D eigenvalue weighted by molar-refractivity contribution is 0.958. The van der Waals surface area contributed by atoms with Crippen molar-refractivity contribution in [2.75, 3.05) is 0 Å². The van der Waals surface area contributed by atoms with Crippen LogP contribution in [0.2, 0.25) is 0 Å². The van der Waals surface area contributed by atoms with Gasteiger partial charge in [-0.1, -0.05) is 68.0 Å². The van der Waals surface area contributed by atoms with Gasteiger partial charge in [-0.25, -0.2) is 0 Å². The molecule has 80 valence electrons. The maximum absolute atomic E-state index is 2.24. The van der Waals surface area contributed by atoms with Gasteiger partial charge in [0.15, 0.2) is 0 Å². The maximum Gasteiger partial charge on any atom is -0.0244 e. The Kier molecular flexibility index (Phi) is 6.31. The van der Waals surface area contributed by atoms with Crippen LogP contribution in [0.15, 0.2) is 54.6 Å². The lowest BCUT2D eigenvalue weighted by Crippen LogP contribution is -1.80. The van der Waals surface area contributed by atoms with Gasteiger partial charge in [0.05, 0.1) is 0 Å². The standard InChI is InChI=1S/C15H20/c1-2-3-4-5-6-7-9-12-15-13-10-8-11-14-15/h4-8,10-11,13-14H,2-3,9,12H2,1H3/b5-4+,7-6+. The first-order chi connectivity index (χ1) is 7.43. The Balaban J connectivity index is 2.16. The minimum atomic E-state index is 1.13. The van der Waals surface area contributed by atoms with Gasteiger partial charge in [-0.15, -0.1) is 0 Å². The predicted octanol–water partition coefficient (Wildman–Crippen LogP) is 4.53. The molecule has 0 amide bonds. The Morgan fingerprint density at radius 2 is 1.60 bits per heavy atom. The Morgan fingerprint density at radius 1 is 0.933 bits per heavy atom. The van der Waals surface area contributed by atoms with E-state index in [1.165, 1.54) is 18.4 Å². The quantitative estimate of drug-likeness (QED) is 0.592. The second kappa shape index (κ2) is 8.05. The Hall–Kier alpha value is -1.30. The van der Waals surface area contributed by atoms with Crippen LogP contribution in [0, 0.1) is 0 Å². The van der Waals surface area contributed by atoms with Crippen LogP contribution in [0.3, 0.4) is 0 Å². The fourth-order valence-corrected chi connectivity index (χ4v) is 1.41. The zero-order valence-corrected chi connectivity index (χ0v) is 9.52. The van der Waals surface area contributed by atoms with Crippen LogP contribution in [0.5, 0.6) is 0 Å². The highest BCUT2D eigenvalue weighted by molar-refractivity contribution is 5.15. The molecule has 1 rings (SSSR count). The molecule has 0 aliphatic heterocycles. The third kappa shape index (κ3) is 5.90. The number of hydrogen-bond donors (Lipinski definition) is 0. The molecular formula is C15H20. The Bertz CT molecular complexity index is 293. The van der Waals surface area contributed by atoms with E-state index in [4.69, 9.17) is 0 Å². The van der Waals surface area contributed by atoms with Gasteiger partial charge >= 0.3 is 0 Å². The second-order valence-corrected chi connectivity index (χ2v) is 3.67. The first-order valence-corrected chi connectivity index (χ1v) is 5.79. The van der Waals surface area contributed by atoms with Gasteiger partial charge in [-0.05, 0) is 24.8 Å². The van der Waals surface area contributed by atoms with Gasteiger partial charge in [-0.3, -0.25) is 0 Å². The molecule has 0 fully saturated rings. The summed E-state index contributed by atoms with van der Waals surface area (Å²) in [5, 5.41) is 0. The summed E-state index contributed by atoms with van der Waals surface area (Å²) < 4.78 is 0. The number of allylic oxidation sites excluding steroid dienone is 4. The summed E-state index contributed by atoms with van der Waals surface area (Å²) in [5.74, 6) is 0. The van der Waals surface area contributed by atoms with E-state index in [1.807, 2.05) is 0 Å². The van der Waals surface area contributed by atoms with E-state index in [-0.39, 0.29) is 0 Å². The summed E-state index contributed by atoms with van der Waals surface area (Å²) in [7, 11) is 0. The number of rotatable bonds is 6. The maximum atomic E-state index is 2.24. The highest BCUT2D eigenvalue weighted by atomic mass is 13.9. The van der Waals surface area contributed by atoms with Crippen molar-refractivity contribution in [1.82, 2.24) is 0 Å². The van der Waals surface area contributed by atoms with Gasteiger partial charge in [-0.2, -0.15) is 0 Å². The first kappa shape index (κ1) is 11.8. The zero-order chi connectivity index (χ0) is 10.8. The lowest BCUT2D eigenvalue weighted by Gasteiger charge is -1.95. The number of hydrogen-bond acceptors (Lipinski definition) is 0. The van der Waals surface area contributed by atoms with E-state index in [0.717, 1.165) is 12.8 Å². The molecule has 0 heteroatoms. The van der Waals surface area contributed by atoms with Gasteiger partial charge in [0.25, 0.3) is 0 Å². The van der Waals surface area contributed by atoms with Crippen LogP contribution in [-0.4, -0.2) is 0 Å². The summed E-state index contributed by atoms with van der Waals surface area (Å²) >= 11 is 0. The molecule has 0 saturated heterocycles. The summed E-state index contributed by atoms with van der Waals surface area (Å²) in [5.41, 5.74) is 1.42. The van der Waals surface area contributed by atoms with E-state index < -0.39 is 0 Å². The van der Waals surface area contributed by atoms with Crippen LogP contribution in [0.4, 0.5) is 0 Å². The minimum Gasteiger partial charge on any atom is -0.0846 e. The monoisotopic (exact) mass is 200 g/mol. The van der Waals surface area contributed by atoms with Gasteiger partial charge in [0.2, 0.25) is 0 Å². The summed E-state index contributed by atoms with van der Waals surface area (Å²) in [6.07, 6.45) is 13.4. The molecule has 0 aliphatic carbocycles. The van der Waals surface area contributed by atoms with Crippen molar-refractivity contribution in [1.29, 1.82) is 0 Å². The molecule has 1 aromatic carbocycles. The van der Waals surface area contributed by atoms with E-state index in [0.29, 0.717) is 0 Å². The Morgan fingerprint density at radius 3 is 2.27 bits per heavy atom. The fraction of sp³-hybridized carbons (Fsp3) is 0.333. The highest BCUT2D eigenvalue weighted by Crippen LogP contribution is 2.02. The fourth-order valence-electron chi connectivity index (χ4n) is 1.41. The molecular weight excluding hydrogens is 180 g/mol. The van der Waals surface area contributed by atoms with Crippen molar-refractivity contribution in [3.63, 3.8) is 0 Å². The second-order valence-electron chi connectivity index (χ2n) is 3.67. The molecule has 1 aromatic rings. The summed E-state index contributed by atoms with van der Waals surface area (Å²) in [4.78, 5) is 0. The molecule has 0 aromatic heterocycles. The van der Waals surface area contributed by atoms with Crippen LogP contribution >= 0.6 is 0 Å². The van der Waals surface area contributed by atoms with Crippen molar-refractivity contribution in [3.8, 4) is 0 Å². The molecule has 0 bridgehead atoms. The molecule has 0 spiro atoms. The average molecular weight is 200 g/mol. The third-order valence-corrected chi connectivity index (χ3v) is 2.28. The van der Waals surface area contributed by atoms with Crippen molar-refractivity contribution >= 4 is 0 Å². The summed E-state index contributed by atoms with van der Waals surface area (Å²) in [6, 6.07) is 10.6. The van der Waals surface area contributed by atoms with Crippen molar-refractivity contribution < 1.29 is 0 Å². The van der Waals surface area contributed by atoms with E-state index in [1.54, 1.807) is 0 Å². The Labute approximate surface area is 93.3 Å². The topological polar surface area (TPSA) is 0 Å². The third-order valence-electron chi connectivity index (χ3n) is 2.28. The van der Waals surface area contributed by atoms with Gasteiger partial charge in [0.1, 0.15) is 0 Å². The predicted molar refractivity (Wildman–Crippen MR) is 68.0 cm³/mol. The molecule has 0 atom stereocenters. The highest BCUT2D eigenvalue weighted by Gasteiger charge is 1.86. The van der Waals surface area contributed by atoms with Crippen LogP contribution < -0.4 is 0 Å². The van der Waals surface area contributed by atoms with Crippen molar-refractivity contribution in [3.05, 3.63) is 60.2 Å². The largest absolute Gasteiger partial charge is 0.0846 e. The molecule has 0 unspecified atom stereocenters. The molecule has 0 saturated carbocycles. The number of aryl methyl sites for hydroxylation is 1. The summed E-state index contributed by atoms with van der Waals surface area (Å²) in [6.45, 7) is 2.20. The van der Waals surface area contributed by atoms with Crippen molar-refractivity contribution in [2.45, 2.75) is 32.6 Å². The van der Waals surface area contributed by atoms with Gasteiger partial charge < -0.3 is 0 Å². The average Bonchev–Trinajstić information content (AvgIpc) is 2.29. The lowest BCUT2D eigenvalue weighted by atomic mass is 10.1. The smallest absolute Gasteiger partial charge is 0.0244 e. The van der Waals surface area contributed by atoms with E-state index >= 15 is 0 Å². The zero-order valence-electron chi connectivity index (χ0n) is 9.52. The molecule has 0 N–H and O–H groups in total. The first-order valence-electron chi connectivity index (χ1n) is 5.79. The van der Waals surface area contributed by atoms with E-state index in [2.05, 4.69) is 61.6 Å². The number of unbranched alkanes of at least 4 members (excludes halogenated alkanes) is 1.